The van der Waals surface area contributed by atoms with Crippen molar-refractivity contribution in [3.05, 3.63) is 0 Å². The molecule has 50 valence electrons. The first-order valence-electron chi connectivity index (χ1n) is 2.63. The van der Waals surface area contributed by atoms with Crippen LogP contribution in [-0.4, -0.2) is 23.8 Å². The van der Waals surface area contributed by atoms with Gasteiger partial charge in [-0.3, -0.25) is 9.59 Å². The van der Waals surface area contributed by atoms with E-state index in [2.05, 4.69) is 0 Å². The maximum Gasteiger partial charge on any atom is 0.229 e. The van der Waals surface area contributed by atoms with Crippen LogP contribution >= 0.6 is 0 Å². The molecule has 0 aliphatic heterocycles. The second kappa shape index (κ2) is 4.21. The van der Waals surface area contributed by atoms with E-state index in [1.165, 1.54) is 6.29 Å². The number of rotatable bonds is 4. The smallest absolute Gasteiger partial charge is 0.229 e. The highest BCUT2D eigenvalue weighted by molar-refractivity contribution is 5.59. The molecule has 2 atom stereocenters. The number of hydrogen-bond donors (Lipinski definition) is 1. The predicted octanol–water partition coefficient (Wildman–Crippen LogP) is -0.407. The summed E-state index contributed by atoms with van der Waals surface area (Å²) in [6.45, 7) is 1.58. The second-order valence-electron chi connectivity index (χ2n) is 1.89. The van der Waals surface area contributed by atoms with Crippen molar-refractivity contribution >= 4 is 12.6 Å². The SMILES string of the molecule is CC(C[C]=O)[C@H](O)[C]=O. The number of aliphatic hydroxyl groups is 1. The molecule has 2 radical (unpaired) electrons. The van der Waals surface area contributed by atoms with Crippen molar-refractivity contribution in [3.63, 3.8) is 0 Å². The van der Waals surface area contributed by atoms with Gasteiger partial charge in [0.25, 0.3) is 0 Å². The molecule has 0 aromatic rings. The zero-order valence-corrected chi connectivity index (χ0v) is 5.13. The lowest BCUT2D eigenvalue weighted by atomic mass is 10.0. The Bertz CT molecular complexity index is 100. The topological polar surface area (TPSA) is 54.4 Å². The largest absolute Gasteiger partial charge is 0.385 e. The van der Waals surface area contributed by atoms with Crippen molar-refractivity contribution in [1.82, 2.24) is 0 Å². The number of carbonyl (C=O) groups excluding carboxylic acids is 2. The third kappa shape index (κ3) is 2.98. The highest BCUT2D eigenvalue weighted by Gasteiger charge is 2.12. The lowest BCUT2D eigenvalue weighted by Crippen LogP contribution is -2.18. The Morgan fingerprint density at radius 2 is 2.11 bits per heavy atom. The molecule has 0 rings (SSSR count). The third-order valence-corrected chi connectivity index (χ3v) is 1.07. The zero-order chi connectivity index (χ0) is 7.28. The molecule has 0 fully saturated rings. The van der Waals surface area contributed by atoms with Gasteiger partial charge in [0, 0.05) is 6.42 Å². The first kappa shape index (κ1) is 8.30. The van der Waals surface area contributed by atoms with Crippen molar-refractivity contribution in [2.45, 2.75) is 19.4 Å². The molecule has 3 heteroatoms. The quantitative estimate of drug-likeness (QED) is 0.560. The summed E-state index contributed by atoms with van der Waals surface area (Å²) in [6, 6.07) is 0. The molecule has 0 saturated carbocycles. The minimum atomic E-state index is -1.15. The van der Waals surface area contributed by atoms with Crippen molar-refractivity contribution in [2.24, 2.45) is 5.92 Å². The van der Waals surface area contributed by atoms with Crippen LogP contribution in [0.25, 0.3) is 0 Å². The molecule has 3 nitrogen and oxygen atoms in total. The summed E-state index contributed by atoms with van der Waals surface area (Å²) in [4.78, 5) is 19.4. The summed E-state index contributed by atoms with van der Waals surface area (Å²) in [5.74, 6) is -0.361. The lowest BCUT2D eigenvalue weighted by molar-refractivity contribution is 0.178. The predicted molar refractivity (Wildman–Crippen MR) is 31.2 cm³/mol. The Morgan fingerprint density at radius 1 is 1.56 bits per heavy atom. The number of hydrogen-bond acceptors (Lipinski definition) is 3. The summed E-state index contributed by atoms with van der Waals surface area (Å²) in [7, 11) is 0. The minimum Gasteiger partial charge on any atom is -0.385 e. The van der Waals surface area contributed by atoms with E-state index in [1.807, 2.05) is 0 Å². The van der Waals surface area contributed by atoms with E-state index in [1.54, 1.807) is 13.2 Å². The maximum atomic E-state index is 9.72. The van der Waals surface area contributed by atoms with Crippen LogP contribution in [0.5, 0.6) is 0 Å². The molecule has 0 aromatic carbocycles. The highest BCUT2D eigenvalue weighted by atomic mass is 16.3. The van der Waals surface area contributed by atoms with Crippen LogP contribution in [0.2, 0.25) is 0 Å². The average Bonchev–Trinajstić information content (AvgIpc) is 1.87. The molecule has 0 aliphatic rings. The zero-order valence-electron chi connectivity index (χ0n) is 5.13. The van der Waals surface area contributed by atoms with Gasteiger partial charge in [0.1, 0.15) is 6.10 Å². The van der Waals surface area contributed by atoms with Gasteiger partial charge in [-0.15, -0.1) is 0 Å². The Labute approximate surface area is 53.7 Å². The van der Waals surface area contributed by atoms with E-state index >= 15 is 0 Å². The highest BCUT2D eigenvalue weighted by Crippen LogP contribution is 2.02. The molecule has 1 unspecified atom stereocenters. The average molecular weight is 128 g/mol. The Hall–Kier alpha value is -0.700. The molecule has 0 saturated heterocycles. The first-order valence-corrected chi connectivity index (χ1v) is 2.63. The molecule has 0 spiro atoms. The van der Waals surface area contributed by atoms with Crippen LogP contribution in [0.4, 0.5) is 0 Å². The van der Waals surface area contributed by atoms with Gasteiger partial charge in [0.2, 0.25) is 6.29 Å². The van der Waals surface area contributed by atoms with Crippen LogP contribution in [0.15, 0.2) is 0 Å². The van der Waals surface area contributed by atoms with Gasteiger partial charge in [0.15, 0.2) is 6.29 Å². The third-order valence-electron chi connectivity index (χ3n) is 1.07. The summed E-state index contributed by atoms with van der Waals surface area (Å²) in [5, 5.41) is 8.66. The van der Waals surface area contributed by atoms with Crippen molar-refractivity contribution in [2.75, 3.05) is 0 Å². The maximum absolute atomic E-state index is 9.72. The van der Waals surface area contributed by atoms with Crippen LogP contribution in [0.1, 0.15) is 13.3 Å². The van der Waals surface area contributed by atoms with E-state index < -0.39 is 6.10 Å². The van der Waals surface area contributed by atoms with Crippen LogP contribution in [0, 0.1) is 5.92 Å². The van der Waals surface area contributed by atoms with Gasteiger partial charge in [-0.1, -0.05) is 6.92 Å². The minimum absolute atomic E-state index is 0.0798. The summed E-state index contributed by atoms with van der Waals surface area (Å²) < 4.78 is 0. The van der Waals surface area contributed by atoms with E-state index in [-0.39, 0.29) is 12.3 Å². The second-order valence-corrected chi connectivity index (χ2v) is 1.89. The van der Waals surface area contributed by atoms with Crippen LogP contribution in [0.3, 0.4) is 0 Å². The standard InChI is InChI=1S/C6H8O3/c1-5(2-3-7)6(9)4-8/h5-6,9H,2H2,1H3/t5?,6-/m1/s1. The summed E-state index contributed by atoms with van der Waals surface area (Å²) in [5.41, 5.74) is 0. The van der Waals surface area contributed by atoms with E-state index in [0.29, 0.717) is 0 Å². The molecular weight excluding hydrogens is 120 g/mol. The molecule has 0 aromatic heterocycles. The van der Waals surface area contributed by atoms with Gasteiger partial charge >= 0.3 is 0 Å². The van der Waals surface area contributed by atoms with Gasteiger partial charge in [0.05, 0.1) is 0 Å². The normalized spacial score (nSPS) is 16.2. The molecule has 0 aliphatic carbocycles. The molecule has 1 N–H and O–H groups in total. The Kier molecular flexibility index (Phi) is 3.88. The van der Waals surface area contributed by atoms with Gasteiger partial charge in [-0.25, -0.2) is 0 Å². The van der Waals surface area contributed by atoms with Crippen molar-refractivity contribution in [1.29, 1.82) is 0 Å². The summed E-state index contributed by atoms with van der Waals surface area (Å²) in [6.07, 6.45) is 1.90. The monoisotopic (exact) mass is 128 g/mol. The fourth-order valence-electron chi connectivity index (χ4n) is 0.359. The van der Waals surface area contributed by atoms with Crippen LogP contribution in [-0.2, 0) is 9.59 Å². The first-order chi connectivity index (χ1) is 4.22. The van der Waals surface area contributed by atoms with Crippen molar-refractivity contribution in [3.8, 4) is 0 Å². The van der Waals surface area contributed by atoms with Crippen LogP contribution < -0.4 is 0 Å². The Balaban J connectivity index is 3.56. The fraction of sp³-hybridized carbons (Fsp3) is 0.667. The van der Waals surface area contributed by atoms with Crippen molar-refractivity contribution < 1.29 is 14.7 Å². The summed E-state index contributed by atoms with van der Waals surface area (Å²) >= 11 is 0. The number of aliphatic hydroxyl groups excluding tert-OH is 1. The van der Waals surface area contributed by atoms with E-state index in [4.69, 9.17) is 5.11 Å². The van der Waals surface area contributed by atoms with E-state index in [9.17, 15) is 9.59 Å². The molecular formula is C6H8O3. The fourth-order valence-corrected chi connectivity index (χ4v) is 0.359. The van der Waals surface area contributed by atoms with Gasteiger partial charge < -0.3 is 5.11 Å². The Morgan fingerprint density at radius 3 is 2.44 bits per heavy atom. The molecule has 0 heterocycles. The van der Waals surface area contributed by atoms with Gasteiger partial charge in [-0.05, 0) is 5.92 Å². The molecule has 9 heavy (non-hydrogen) atoms. The van der Waals surface area contributed by atoms with Gasteiger partial charge in [-0.2, -0.15) is 0 Å². The van der Waals surface area contributed by atoms with E-state index in [0.717, 1.165) is 0 Å². The molecule has 0 amide bonds. The lowest BCUT2D eigenvalue weighted by Gasteiger charge is -2.06. The molecule has 0 bridgehead atoms.